The SMILES string of the molecule is Cc1ccc2c(c1)CCC2(C)O. The Morgan fingerprint density at radius 1 is 1.42 bits per heavy atom. The Bertz CT molecular complexity index is 313. The van der Waals surface area contributed by atoms with Gasteiger partial charge in [-0.1, -0.05) is 23.8 Å². The summed E-state index contributed by atoms with van der Waals surface area (Å²) in [6.45, 7) is 3.99. The predicted molar refractivity (Wildman–Crippen MR) is 49.1 cm³/mol. The highest BCUT2D eigenvalue weighted by atomic mass is 16.3. The molecule has 1 N–H and O–H groups in total. The van der Waals surface area contributed by atoms with Crippen LogP contribution in [0.5, 0.6) is 0 Å². The van der Waals surface area contributed by atoms with Gasteiger partial charge >= 0.3 is 0 Å². The molecule has 64 valence electrons. The molecule has 12 heavy (non-hydrogen) atoms. The molecule has 0 aromatic heterocycles. The molecule has 1 aromatic rings. The molecule has 0 amide bonds. The fourth-order valence-electron chi connectivity index (χ4n) is 1.97. The molecule has 0 saturated carbocycles. The van der Waals surface area contributed by atoms with Crippen LogP contribution in [-0.2, 0) is 12.0 Å². The lowest BCUT2D eigenvalue weighted by molar-refractivity contribution is 0.0595. The van der Waals surface area contributed by atoms with Crippen LogP contribution in [0.4, 0.5) is 0 Å². The molecule has 0 bridgehead atoms. The van der Waals surface area contributed by atoms with Gasteiger partial charge in [-0.15, -0.1) is 0 Å². The van der Waals surface area contributed by atoms with E-state index in [-0.39, 0.29) is 0 Å². The van der Waals surface area contributed by atoms with Gasteiger partial charge in [0.15, 0.2) is 0 Å². The second-order valence-corrected chi connectivity index (χ2v) is 3.93. The number of aliphatic hydroxyl groups is 1. The first-order chi connectivity index (χ1) is 5.59. The third-order valence-electron chi connectivity index (χ3n) is 2.72. The molecule has 1 atom stereocenters. The van der Waals surface area contributed by atoms with Crippen molar-refractivity contribution in [2.24, 2.45) is 0 Å². The zero-order valence-corrected chi connectivity index (χ0v) is 7.59. The van der Waals surface area contributed by atoms with Crippen LogP contribution >= 0.6 is 0 Å². The quantitative estimate of drug-likeness (QED) is 0.619. The van der Waals surface area contributed by atoms with E-state index in [0.29, 0.717) is 0 Å². The number of hydrogen-bond acceptors (Lipinski definition) is 1. The molecule has 0 radical (unpaired) electrons. The summed E-state index contributed by atoms with van der Waals surface area (Å²) in [5, 5.41) is 9.94. The van der Waals surface area contributed by atoms with Crippen molar-refractivity contribution in [1.29, 1.82) is 0 Å². The monoisotopic (exact) mass is 162 g/mol. The Labute approximate surface area is 73.0 Å². The van der Waals surface area contributed by atoms with Crippen molar-refractivity contribution in [2.45, 2.75) is 32.3 Å². The summed E-state index contributed by atoms with van der Waals surface area (Å²) in [5.74, 6) is 0. The zero-order valence-electron chi connectivity index (χ0n) is 7.59. The number of fused-ring (bicyclic) bond motifs is 1. The molecule has 1 aliphatic carbocycles. The van der Waals surface area contributed by atoms with Crippen molar-refractivity contribution in [3.05, 3.63) is 34.9 Å². The smallest absolute Gasteiger partial charge is 0.0874 e. The van der Waals surface area contributed by atoms with E-state index in [1.165, 1.54) is 11.1 Å². The van der Waals surface area contributed by atoms with Crippen LogP contribution in [0.25, 0.3) is 0 Å². The number of rotatable bonds is 0. The van der Waals surface area contributed by atoms with Gasteiger partial charge in [0.1, 0.15) is 0 Å². The molecule has 2 rings (SSSR count). The highest BCUT2D eigenvalue weighted by Gasteiger charge is 2.31. The molecule has 1 aliphatic rings. The van der Waals surface area contributed by atoms with Crippen LogP contribution in [0.15, 0.2) is 18.2 Å². The van der Waals surface area contributed by atoms with Gasteiger partial charge in [-0.3, -0.25) is 0 Å². The first-order valence-electron chi connectivity index (χ1n) is 4.42. The molecular formula is C11H14O. The highest BCUT2D eigenvalue weighted by molar-refractivity contribution is 5.39. The van der Waals surface area contributed by atoms with Crippen LogP contribution < -0.4 is 0 Å². The van der Waals surface area contributed by atoms with Gasteiger partial charge < -0.3 is 5.11 Å². The average Bonchev–Trinajstić information content (AvgIpc) is 2.27. The minimum Gasteiger partial charge on any atom is -0.385 e. The minimum atomic E-state index is -0.580. The second kappa shape index (κ2) is 2.33. The Kier molecular flexibility index (Phi) is 1.52. The fraction of sp³-hybridized carbons (Fsp3) is 0.455. The molecule has 1 unspecified atom stereocenters. The molecule has 0 saturated heterocycles. The van der Waals surface area contributed by atoms with Crippen molar-refractivity contribution in [2.75, 3.05) is 0 Å². The van der Waals surface area contributed by atoms with E-state index in [1.807, 2.05) is 6.92 Å². The maximum absolute atomic E-state index is 9.94. The third kappa shape index (κ3) is 1.05. The van der Waals surface area contributed by atoms with Crippen LogP contribution in [0.1, 0.15) is 30.0 Å². The summed E-state index contributed by atoms with van der Waals surface area (Å²) in [4.78, 5) is 0. The van der Waals surface area contributed by atoms with Gasteiger partial charge in [0.25, 0.3) is 0 Å². The van der Waals surface area contributed by atoms with Gasteiger partial charge in [0.05, 0.1) is 5.60 Å². The first-order valence-corrected chi connectivity index (χ1v) is 4.42. The van der Waals surface area contributed by atoms with Gasteiger partial charge in [0.2, 0.25) is 0 Å². The molecule has 1 nitrogen and oxygen atoms in total. The van der Waals surface area contributed by atoms with Crippen LogP contribution in [-0.4, -0.2) is 5.11 Å². The Morgan fingerprint density at radius 2 is 2.17 bits per heavy atom. The Balaban J connectivity index is 2.55. The molecule has 0 heterocycles. The fourth-order valence-corrected chi connectivity index (χ4v) is 1.97. The van der Waals surface area contributed by atoms with Crippen molar-refractivity contribution in [1.82, 2.24) is 0 Å². The normalized spacial score (nSPS) is 27.2. The number of aryl methyl sites for hydroxylation is 2. The lowest BCUT2D eigenvalue weighted by Gasteiger charge is -2.17. The minimum absolute atomic E-state index is 0.580. The topological polar surface area (TPSA) is 20.2 Å². The lowest BCUT2D eigenvalue weighted by Crippen LogP contribution is -2.16. The van der Waals surface area contributed by atoms with E-state index in [2.05, 4.69) is 25.1 Å². The molecule has 1 heteroatoms. The zero-order chi connectivity index (χ0) is 8.77. The summed E-state index contributed by atoms with van der Waals surface area (Å²) in [5.41, 5.74) is 3.14. The van der Waals surface area contributed by atoms with Crippen LogP contribution in [0.3, 0.4) is 0 Å². The van der Waals surface area contributed by atoms with Crippen molar-refractivity contribution in [3.8, 4) is 0 Å². The van der Waals surface area contributed by atoms with Gasteiger partial charge in [-0.05, 0) is 37.8 Å². The van der Waals surface area contributed by atoms with Gasteiger partial charge in [0, 0.05) is 0 Å². The lowest BCUT2D eigenvalue weighted by atomic mass is 9.98. The molecule has 0 fully saturated rings. The van der Waals surface area contributed by atoms with Crippen molar-refractivity contribution in [3.63, 3.8) is 0 Å². The summed E-state index contributed by atoms with van der Waals surface area (Å²) < 4.78 is 0. The Morgan fingerprint density at radius 3 is 2.92 bits per heavy atom. The number of hydrogen-bond donors (Lipinski definition) is 1. The molecular weight excluding hydrogens is 148 g/mol. The molecule has 0 aliphatic heterocycles. The summed E-state index contributed by atoms with van der Waals surface area (Å²) >= 11 is 0. The Hall–Kier alpha value is -0.820. The maximum Gasteiger partial charge on any atom is 0.0874 e. The molecule has 0 spiro atoms. The van der Waals surface area contributed by atoms with Crippen LogP contribution in [0, 0.1) is 6.92 Å². The van der Waals surface area contributed by atoms with E-state index in [4.69, 9.17) is 0 Å². The maximum atomic E-state index is 9.94. The number of benzene rings is 1. The average molecular weight is 162 g/mol. The van der Waals surface area contributed by atoms with Crippen molar-refractivity contribution < 1.29 is 5.11 Å². The molecule has 1 aromatic carbocycles. The van der Waals surface area contributed by atoms with Crippen molar-refractivity contribution >= 4 is 0 Å². The van der Waals surface area contributed by atoms with Crippen LogP contribution in [0.2, 0.25) is 0 Å². The third-order valence-corrected chi connectivity index (χ3v) is 2.72. The van der Waals surface area contributed by atoms with E-state index in [1.54, 1.807) is 0 Å². The van der Waals surface area contributed by atoms with E-state index in [0.717, 1.165) is 18.4 Å². The summed E-state index contributed by atoms with van der Waals surface area (Å²) in [7, 11) is 0. The second-order valence-electron chi connectivity index (χ2n) is 3.93. The van der Waals surface area contributed by atoms with Gasteiger partial charge in [-0.2, -0.15) is 0 Å². The van der Waals surface area contributed by atoms with E-state index in [9.17, 15) is 5.11 Å². The van der Waals surface area contributed by atoms with Gasteiger partial charge in [-0.25, -0.2) is 0 Å². The van der Waals surface area contributed by atoms with E-state index >= 15 is 0 Å². The standard InChI is InChI=1S/C11H14O/c1-8-3-4-10-9(7-8)5-6-11(10,2)12/h3-4,7,12H,5-6H2,1-2H3. The predicted octanol–water partition coefficient (Wildman–Crippen LogP) is 2.15. The summed E-state index contributed by atoms with van der Waals surface area (Å²) in [6, 6.07) is 6.30. The van der Waals surface area contributed by atoms with E-state index < -0.39 is 5.60 Å². The largest absolute Gasteiger partial charge is 0.385 e. The first kappa shape index (κ1) is 7.81. The highest BCUT2D eigenvalue weighted by Crippen LogP contribution is 2.36. The summed E-state index contributed by atoms with van der Waals surface area (Å²) in [6.07, 6.45) is 1.88.